The number of aliphatic hydroxyl groups is 1. The summed E-state index contributed by atoms with van der Waals surface area (Å²) in [6, 6.07) is 0. The van der Waals surface area contributed by atoms with Crippen LogP contribution in [0.1, 0.15) is 51.4 Å². The summed E-state index contributed by atoms with van der Waals surface area (Å²) in [5.41, 5.74) is 0. The first kappa shape index (κ1) is 15.0. The number of aliphatic hydroxyl groups excluding tert-OH is 1. The van der Waals surface area contributed by atoms with Crippen LogP contribution >= 0.6 is 0 Å². The summed E-state index contributed by atoms with van der Waals surface area (Å²) in [5.74, 6) is 2.22. The van der Waals surface area contributed by atoms with Crippen LogP contribution in [0, 0.1) is 23.7 Å². The second-order valence-corrected chi connectivity index (χ2v) is 6.52. The monoisotopic (exact) mass is 268 g/mol. The van der Waals surface area contributed by atoms with Gasteiger partial charge in [0.25, 0.3) is 0 Å². The van der Waals surface area contributed by atoms with Crippen molar-refractivity contribution < 1.29 is 14.6 Å². The summed E-state index contributed by atoms with van der Waals surface area (Å²) in [5, 5.41) is 9.11. The van der Waals surface area contributed by atoms with E-state index in [-0.39, 0.29) is 0 Å². The van der Waals surface area contributed by atoms with Crippen molar-refractivity contribution in [1.29, 1.82) is 0 Å². The Morgan fingerprint density at radius 1 is 0.842 bits per heavy atom. The van der Waals surface area contributed by atoms with Crippen molar-refractivity contribution in [3.05, 3.63) is 0 Å². The first-order valence-electron chi connectivity index (χ1n) is 7.95. The molecule has 0 bridgehead atoms. The topological polar surface area (TPSA) is 46.5 Å². The van der Waals surface area contributed by atoms with E-state index in [2.05, 4.69) is 0 Å². The fraction of sp³-hybridized carbons (Fsp3) is 0.938. The number of carbonyl (C=O) groups excluding carboxylic acids is 1. The van der Waals surface area contributed by atoms with Crippen LogP contribution in [0.15, 0.2) is 0 Å². The highest BCUT2D eigenvalue weighted by Gasteiger charge is 2.23. The fourth-order valence-electron chi connectivity index (χ4n) is 3.47. The largest absolute Gasteiger partial charge is 0.396 e. The van der Waals surface area contributed by atoms with Crippen molar-refractivity contribution in [2.45, 2.75) is 51.4 Å². The van der Waals surface area contributed by atoms with E-state index in [0.717, 1.165) is 58.0 Å². The smallest absolute Gasteiger partial charge is 0.123 e. The van der Waals surface area contributed by atoms with Gasteiger partial charge in [-0.1, -0.05) is 0 Å². The molecule has 3 heteroatoms. The van der Waals surface area contributed by atoms with Crippen LogP contribution in [0.4, 0.5) is 0 Å². The van der Waals surface area contributed by atoms with E-state index >= 15 is 0 Å². The van der Waals surface area contributed by atoms with Crippen molar-refractivity contribution >= 4 is 6.29 Å². The van der Waals surface area contributed by atoms with Gasteiger partial charge < -0.3 is 14.6 Å². The van der Waals surface area contributed by atoms with Gasteiger partial charge in [0.2, 0.25) is 0 Å². The highest BCUT2D eigenvalue weighted by atomic mass is 16.5. The zero-order valence-electron chi connectivity index (χ0n) is 11.9. The molecule has 0 aliphatic heterocycles. The number of ether oxygens (including phenoxy) is 1. The molecule has 0 heterocycles. The molecule has 2 saturated carbocycles. The summed E-state index contributed by atoms with van der Waals surface area (Å²) in [4.78, 5) is 10.7. The number of hydrogen-bond acceptors (Lipinski definition) is 3. The van der Waals surface area contributed by atoms with Crippen molar-refractivity contribution in [1.82, 2.24) is 0 Å². The Hall–Kier alpha value is -0.410. The van der Waals surface area contributed by atoms with Gasteiger partial charge in [0.1, 0.15) is 6.29 Å². The zero-order chi connectivity index (χ0) is 13.5. The van der Waals surface area contributed by atoms with Crippen molar-refractivity contribution in [2.24, 2.45) is 23.7 Å². The van der Waals surface area contributed by atoms with Crippen molar-refractivity contribution in [3.63, 3.8) is 0 Å². The Morgan fingerprint density at radius 3 is 1.79 bits per heavy atom. The van der Waals surface area contributed by atoms with Gasteiger partial charge in [-0.2, -0.15) is 0 Å². The van der Waals surface area contributed by atoms with E-state index in [9.17, 15) is 4.79 Å². The molecule has 0 aromatic carbocycles. The van der Waals surface area contributed by atoms with E-state index in [1.165, 1.54) is 12.8 Å². The minimum Gasteiger partial charge on any atom is -0.396 e. The summed E-state index contributed by atoms with van der Waals surface area (Å²) < 4.78 is 5.90. The fourth-order valence-corrected chi connectivity index (χ4v) is 3.47. The lowest BCUT2D eigenvalue weighted by atomic mass is 9.82. The molecule has 0 radical (unpaired) electrons. The van der Waals surface area contributed by atoms with E-state index in [1.807, 2.05) is 0 Å². The molecule has 2 aliphatic carbocycles. The van der Waals surface area contributed by atoms with Crippen LogP contribution in [0.5, 0.6) is 0 Å². The molecule has 110 valence electrons. The lowest BCUT2D eigenvalue weighted by molar-refractivity contribution is -0.112. The Kier molecular flexibility index (Phi) is 6.32. The molecule has 2 fully saturated rings. The first-order valence-corrected chi connectivity index (χ1v) is 7.95. The Morgan fingerprint density at radius 2 is 1.32 bits per heavy atom. The Bertz CT molecular complexity index is 251. The summed E-state index contributed by atoms with van der Waals surface area (Å²) in [6.07, 6.45) is 10.3. The molecule has 0 atom stereocenters. The predicted molar refractivity (Wildman–Crippen MR) is 74.9 cm³/mol. The van der Waals surface area contributed by atoms with Gasteiger partial charge >= 0.3 is 0 Å². The normalized spacial score (nSPS) is 36.1. The van der Waals surface area contributed by atoms with Crippen LogP contribution in [-0.4, -0.2) is 31.2 Å². The Balaban J connectivity index is 1.54. The summed E-state index contributed by atoms with van der Waals surface area (Å²) in [7, 11) is 0. The maximum Gasteiger partial charge on any atom is 0.123 e. The molecule has 0 saturated heterocycles. The molecular weight excluding hydrogens is 240 g/mol. The van der Waals surface area contributed by atoms with Gasteiger partial charge in [-0.15, -0.1) is 0 Å². The third-order valence-corrected chi connectivity index (χ3v) is 5.02. The van der Waals surface area contributed by atoms with Gasteiger partial charge in [-0.25, -0.2) is 0 Å². The molecule has 0 amide bonds. The van der Waals surface area contributed by atoms with E-state index in [4.69, 9.17) is 9.84 Å². The second-order valence-electron chi connectivity index (χ2n) is 6.52. The average Bonchev–Trinajstić information content (AvgIpc) is 2.49. The number of rotatable bonds is 6. The highest BCUT2D eigenvalue weighted by Crippen LogP contribution is 2.30. The van der Waals surface area contributed by atoms with Gasteiger partial charge in [-0.3, -0.25) is 0 Å². The van der Waals surface area contributed by atoms with Crippen LogP contribution in [0.2, 0.25) is 0 Å². The second kappa shape index (κ2) is 8.01. The van der Waals surface area contributed by atoms with E-state index in [1.54, 1.807) is 0 Å². The van der Waals surface area contributed by atoms with Crippen LogP contribution in [0.25, 0.3) is 0 Å². The molecule has 0 spiro atoms. The van der Waals surface area contributed by atoms with Crippen LogP contribution < -0.4 is 0 Å². The molecule has 19 heavy (non-hydrogen) atoms. The Labute approximate surface area is 116 Å². The summed E-state index contributed by atoms with van der Waals surface area (Å²) >= 11 is 0. The lowest BCUT2D eigenvalue weighted by Crippen LogP contribution is -2.23. The van der Waals surface area contributed by atoms with Gasteiger partial charge in [0.05, 0.1) is 0 Å². The quantitative estimate of drug-likeness (QED) is 0.753. The predicted octanol–water partition coefficient (Wildman–Crippen LogP) is 2.81. The van der Waals surface area contributed by atoms with Gasteiger partial charge in [0, 0.05) is 25.7 Å². The van der Waals surface area contributed by atoms with Crippen LogP contribution in [0.3, 0.4) is 0 Å². The number of carbonyl (C=O) groups is 1. The minimum absolute atomic E-state index is 0.310. The number of hydrogen-bond donors (Lipinski definition) is 1. The molecule has 1 N–H and O–H groups in total. The molecule has 3 nitrogen and oxygen atoms in total. The van der Waals surface area contributed by atoms with Gasteiger partial charge in [-0.05, 0) is 69.1 Å². The maximum atomic E-state index is 10.7. The van der Waals surface area contributed by atoms with E-state index in [0.29, 0.717) is 30.3 Å². The third-order valence-electron chi connectivity index (χ3n) is 5.02. The highest BCUT2D eigenvalue weighted by molar-refractivity contribution is 5.53. The first-order chi connectivity index (χ1) is 9.31. The minimum atomic E-state index is 0.310. The number of aldehydes is 1. The maximum absolute atomic E-state index is 10.7. The molecular formula is C16H28O3. The summed E-state index contributed by atoms with van der Waals surface area (Å²) in [6.45, 7) is 2.13. The molecule has 0 aromatic heterocycles. The third kappa shape index (κ3) is 4.88. The molecule has 2 rings (SSSR count). The van der Waals surface area contributed by atoms with Crippen molar-refractivity contribution in [2.75, 3.05) is 19.8 Å². The zero-order valence-corrected chi connectivity index (χ0v) is 11.9. The standard InChI is InChI=1S/C16H28O3/c17-9-13-1-5-15(6-2-13)11-19-12-16-7-3-14(10-18)4-8-16/h9,13-16,18H,1-8,10-12H2. The van der Waals surface area contributed by atoms with E-state index < -0.39 is 0 Å². The van der Waals surface area contributed by atoms with Crippen LogP contribution in [-0.2, 0) is 9.53 Å². The average molecular weight is 268 g/mol. The SMILES string of the molecule is O=CC1CCC(COCC2CCC(CO)CC2)CC1. The van der Waals surface area contributed by atoms with Crippen molar-refractivity contribution in [3.8, 4) is 0 Å². The van der Waals surface area contributed by atoms with Gasteiger partial charge in [0.15, 0.2) is 0 Å². The lowest BCUT2D eigenvalue weighted by Gasteiger charge is -2.29. The molecule has 0 unspecified atom stereocenters. The molecule has 2 aliphatic rings. The molecule has 0 aromatic rings.